The largest absolute Gasteiger partial charge is 0.473 e. The number of pyridine rings is 1. The summed E-state index contributed by atoms with van der Waals surface area (Å²) in [7, 11) is 1.74. The molecule has 0 amide bonds. The monoisotopic (exact) mass is 423 g/mol. The van der Waals surface area contributed by atoms with Gasteiger partial charge >= 0.3 is 0 Å². The summed E-state index contributed by atoms with van der Waals surface area (Å²) in [4.78, 5) is 16.8. The van der Waals surface area contributed by atoms with Crippen LogP contribution < -0.4 is 10.1 Å². The van der Waals surface area contributed by atoms with Crippen molar-refractivity contribution >= 4 is 32.8 Å². The first-order valence-electron chi connectivity index (χ1n) is 10.3. The van der Waals surface area contributed by atoms with Crippen molar-refractivity contribution in [1.82, 2.24) is 14.9 Å². The van der Waals surface area contributed by atoms with E-state index >= 15 is 0 Å². The quantitative estimate of drug-likeness (QED) is 0.497. The third-order valence-corrected chi connectivity index (χ3v) is 6.62. The normalized spacial score (nSPS) is 23.5. The average Bonchev–Trinajstić information content (AvgIpc) is 3.20. The Morgan fingerprint density at radius 1 is 1.17 bits per heavy atom. The third-order valence-electron chi connectivity index (χ3n) is 5.74. The molecule has 0 radical (unpaired) electrons. The standard InChI is InChI=1S/C22H25N5O2S/c1-23-21(29-18-13-27-11-9-16(18)10-12-27)26-22-24-17-7-8-19(25-20(17)30-22)28-14-15-5-3-2-4-6-15/h2-8,16,18H,9-14H2,1H3,(H,23,24,26)/t18-/m0/s1. The van der Waals surface area contributed by atoms with Crippen molar-refractivity contribution in [3.63, 3.8) is 0 Å². The van der Waals surface area contributed by atoms with Crippen molar-refractivity contribution in [2.45, 2.75) is 25.6 Å². The van der Waals surface area contributed by atoms with E-state index in [2.05, 4.69) is 25.2 Å². The van der Waals surface area contributed by atoms with Crippen LogP contribution in [-0.2, 0) is 11.3 Å². The van der Waals surface area contributed by atoms with Gasteiger partial charge in [-0.05, 0) is 43.5 Å². The van der Waals surface area contributed by atoms with Crippen LogP contribution in [0.1, 0.15) is 18.4 Å². The molecule has 1 N–H and O–H groups in total. The molecule has 3 aliphatic rings. The molecule has 6 rings (SSSR count). The van der Waals surface area contributed by atoms with E-state index < -0.39 is 0 Å². The Morgan fingerprint density at radius 3 is 2.73 bits per heavy atom. The van der Waals surface area contributed by atoms with E-state index in [0.717, 1.165) is 27.6 Å². The Kier molecular flexibility index (Phi) is 5.50. The second-order valence-corrected chi connectivity index (χ2v) is 8.69. The molecule has 3 aliphatic heterocycles. The molecule has 8 heteroatoms. The number of aromatic nitrogens is 2. The van der Waals surface area contributed by atoms with Gasteiger partial charge in [-0.25, -0.2) is 15.0 Å². The summed E-state index contributed by atoms with van der Waals surface area (Å²) >= 11 is 1.47. The Morgan fingerprint density at radius 2 is 2.00 bits per heavy atom. The number of nitrogens with zero attached hydrogens (tertiary/aromatic N) is 4. The molecule has 5 heterocycles. The molecule has 1 aromatic carbocycles. The van der Waals surface area contributed by atoms with Crippen LogP contribution in [0.3, 0.4) is 0 Å². The van der Waals surface area contributed by atoms with Gasteiger partial charge in [0.2, 0.25) is 5.88 Å². The summed E-state index contributed by atoms with van der Waals surface area (Å²) in [6, 6.07) is 14.4. The van der Waals surface area contributed by atoms with Crippen molar-refractivity contribution in [2.24, 2.45) is 10.9 Å². The number of aliphatic imine (C=N–C) groups is 1. The molecule has 0 aliphatic carbocycles. The summed E-state index contributed by atoms with van der Waals surface area (Å²) < 4.78 is 12.0. The smallest absolute Gasteiger partial charge is 0.291 e. The summed E-state index contributed by atoms with van der Waals surface area (Å²) in [5.41, 5.74) is 1.94. The third kappa shape index (κ3) is 4.24. The van der Waals surface area contributed by atoms with Gasteiger partial charge in [0, 0.05) is 19.7 Å². The highest BCUT2D eigenvalue weighted by molar-refractivity contribution is 7.21. The molecule has 156 valence electrons. The van der Waals surface area contributed by atoms with Crippen LogP contribution in [0.25, 0.3) is 10.3 Å². The minimum absolute atomic E-state index is 0.198. The number of hydrogen-bond donors (Lipinski definition) is 1. The second-order valence-electron chi connectivity index (χ2n) is 7.72. The predicted molar refractivity (Wildman–Crippen MR) is 119 cm³/mol. The molecule has 7 nitrogen and oxygen atoms in total. The van der Waals surface area contributed by atoms with Gasteiger partial charge in [0.1, 0.15) is 23.1 Å². The zero-order valence-electron chi connectivity index (χ0n) is 17.0. The number of thiazole rings is 1. The van der Waals surface area contributed by atoms with E-state index in [-0.39, 0.29) is 6.10 Å². The number of ether oxygens (including phenoxy) is 2. The lowest BCUT2D eigenvalue weighted by Crippen LogP contribution is -2.52. The fourth-order valence-electron chi connectivity index (χ4n) is 4.08. The fourth-order valence-corrected chi connectivity index (χ4v) is 4.90. The molecule has 3 fully saturated rings. The number of anilines is 1. The van der Waals surface area contributed by atoms with Crippen molar-refractivity contribution in [3.05, 3.63) is 48.0 Å². The number of nitrogens with one attached hydrogen (secondary N) is 1. The molecule has 1 atom stereocenters. The average molecular weight is 424 g/mol. The molecule has 0 saturated carbocycles. The molecular weight excluding hydrogens is 398 g/mol. The van der Waals surface area contributed by atoms with E-state index in [1.807, 2.05) is 42.5 Å². The van der Waals surface area contributed by atoms with Crippen molar-refractivity contribution < 1.29 is 9.47 Å². The lowest BCUT2D eigenvalue weighted by molar-refractivity contribution is -0.0146. The van der Waals surface area contributed by atoms with Crippen LogP contribution in [-0.4, -0.2) is 53.7 Å². The SMILES string of the molecule is CN=C(Nc1nc2ccc(OCc3ccccc3)nc2s1)O[C@H]1CN2CCC1CC2. The van der Waals surface area contributed by atoms with E-state index in [9.17, 15) is 0 Å². The van der Waals surface area contributed by atoms with E-state index in [1.54, 1.807) is 7.05 Å². The van der Waals surface area contributed by atoms with Gasteiger partial charge in [-0.15, -0.1) is 0 Å². The van der Waals surface area contributed by atoms with Crippen LogP contribution in [0.5, 0.6) is 5.88 Å². The Hall–Kier alpha value is -2.71. The second kappa shape index (κ2) is 8.57. The van der Waals surface area contributed by atoms with E-state index in [4.69, 9.17) is 9.47 Å². The molecule has 3 aromatic rings. The maximum absolute atomic E-state index is 6.20. The number of benzene rings is 1. The molecular formula is C22H25N5O2S. The molecule has 0 spiro atoms. The van der Waals surface area contributed by atoms with Gasteiger partial charge in [0.05, 0.1) is 0 Å². The van der Waals surface area contributed by atoms with Gasteiger partial charge in [-0.1, -0.05) is 41.7 Å². The van der Waals surface area contributed by atoms with Crippen LogP contribution >= 0.6 is 11.3 Å². The van der Waals surface area contributed by atoms with Crippen LogP contribution in [0.15, 0.2) is 47.5 Å². The molecule has 0 unspecified atom stereocenters. The fraction of sp³-hybridized carbons (Fsp3) is 0.409. The summed E-state index contributed by atoms with van der Waals surface area (Å²) in [5, 5.41) is 3.96. The number of rotatable bonds is 5. The number of amidine groups is 1. The minimum atomic E-state index is 0.198. The van der Waals surface area contributed by atoms with Crippen molar-refractivity contribution in [1.29, 1.82) is 0 Å². The summed E-state index contributed by atoms with van der Waals surface area (Å²) in [6.07, 6.45) is 2.61. The van der Waals surface area contributed by atoms with Gasteiger partial charge in [-0.3, -0.25) is 10.2 Å². The van der Waals surface area contributed by atoms with Gasteiger partial charge in [0.25, 0.3) is 6.02 Å². The number of fused-ring (bicyclic) bond motifs is 4. The van der Waals surface area contributed by atoms with Gasteiger partial charge in [-0.2, -0.15) is 0 Å². The Bertz CT molecular complexity index is 1030. The van der Waals surface area contributed by atoms with E-state index in [0.29, 0.717) is 24.4 Å². The van der Waals surface area contributed by atoms with Crippen molar-refractivity contribution in [2.75, 3.05) is 32.0 Å². The first kappa shape index (κ1) is 19.3. The van der Waals surface area contributed by atoms with Crippen LogP contribution in [0, 0.1) is 5.92 Å². The van der Waals surface area contributed by atoms with E-state index in [1.165, 1.54) is 37.3 Å². The molecule has 2 aromatic heterocycles. The zero-order chi connectivity index (χ0) is 20.3. The maximum Gasteiger partial charge on any atom is 0.291 e. The lowest BCUT2D eigenvalue weighted by Gasteiger charge is -2.44. The number of piperidine rings is 3. The topological polar surface area (TPSA) is 71.9 Å². The highest BCUT2D eigenvalue weighted by Gasteiger charge is 2.36. The lowest BCUT2D eigenvalue weighted by atomic mass is 9.86. The Balaban J connectivity index is 1.24. The molecule has 30 heavy (non-hydrogen) atoms. The Labute approximate surface area is 179 Å². The minimum Gasteiger partial charge on any atom is -0.473 e. The van der Waals surface area contributed by atoms with Gasteiger partial charge in [0.15, 0.2) is 5.13 Å². The first-order valence-corrected chi connectivity index (χ1v) is 11.2. The van der Waals surface area contributed by atoms with Gasteiger partial charge < -0.3 is 9.47 Å². The predicted octanol–water partition coefficient (Wildman–Crippen LogP) is 3.78. The summed E-state index contributed by atoms with van der Waals surface area (Å²) in [5.74, 6) is 1.21. The zero-order valence-corrected chi connectivity index (χ0v) is 17.8. The summed E-state index contributed by atoms with van der Waals surface area (Å²) in [6.45, 7) is 3.85. The highest BCUT2D eigenvalue weighted by Crippen LogP contribution is 2.30. The molecule has 2 bridgehead atoms. The maximum atomic E-state index is 6.20. The molecule has 3 saturated heterocycles. The van der Waals surface area contributed by atoms with Crippen molar-refractivity contribution in [3.8, 4) is 5.88 Å². The van der Waals surface area contributed by atoms with Crippen LogP contribution in [0.2, 0.25) is 0 Å². The first-order chi connectivity index (χ1) is 14.8. The number of hydrogen-bond acceptors (Lipinski definition) is 7. The highest BCUT2D eigenvalue weighted by atomic mass is 32.1. The van der Waals surface area contributed by atoms with Crippen LogP contribution in [0.4, 0.5) is 5.13 Å².